The highest BCUT2D eigenvalue weighted by Gasteiger charge is 2.22. The van der Waals surface area contributed by atoms with Gasteiger partial charge >= 0.3 is 0 Å². The van der Waals surface area contributed by atoms with Gasteiger partial charge < -0.3 is 11.1 Å². The fourth-order valence-electron chi connectivity index (χ4n) is 1.88. The second-order valence-electron chi connectivity index (χ2n) is 5.37. The van der Waals surface area contributed by atoms with Crippen LogP contribution in [0.25, 0.3) is 0 Å². The summed E-state index contributed by atoms with van der Waals surface area (Å²) in [6.07, 6.45) is 1.28. The summed E-state index contributed by atoms with van der Waals surface area (Å²) in [6, 6.07) is 4.74. The summed E-state index contributed by atoms with van der Waals surface area (Å²) in [5.41, 5.74) is 5.13. The van der Waals surface area contributed by atoms with Crippen molar-refractivity contribution in [1.29, 1.82) is 0 Å². The molecule has 0 aliphatic heterocycles. The van der Waals surface area contributed by atoms with E-state index in [0.717, 1.165) is 6.26 Å². The molecule has 0 saturated heterocycles. The van der Waals surface area contributed by atoms with Gasteiger partial charge in [-0.2, -0.15) is 0 Å². The maximum atomic E-state index is 11.7. The molecule has 1 aromatic carbocycles. The molecule has 0 atom stereocenters. The average molecular weight is 319 g/mol. The van der Waals surface area contributed by atoms with Gasteiger partial charge in [-0.25, -0.2) is 8.42 Å². The number of nitrogens with two attached hydrogens (primary N) is 1. The van der Waals surface area contributed by atoms with Crippen LogP contribution < -0.4 is 11.1 Å². The zero-order chi connectivity index (χ0) is 15.6. The van der Waals surface area contributed by atoms with E-state index in [1.807, 2.05) is 13.8 Å². The molecule has 0 unspecified atom stereocenters. The van der Waals surface area contributed by atoms with E-state index in [1.54, 1.807) is 12.1 Å². The zero-order valence-corrected chi connectivity index (χ0v) is 13.3. The Morgan fingerprint density at radius 3 is 2.50 bits per heavy atom. The second kappa shape index (κ2) is 6.11. The van der Waals surface area contributed by atoms with Crippen molar-refractivity contribution in [2.75, 3.05) is 6.26 Å². The minimum atomic E-state index is -3.36. The summed E-state index contributed by atoms with van der Waals surface area (Å²) in [7, 11) is -3.36. The number of amides is 1. The molecule has 0 radical (unpaired) electrons. The molecule has 0 heterocycles. The molecule has 0 saturated carbocycles. The number of hydrogen-bond acceptors (Lipinski definition) is 4. The van der Waals surface area contributed by atoms with Gasteiger partial charge in [-0.1, -0.05) is 17.7 Å². The van der Waals surface area contributed by atoms with E-state index < -0.39 is 21.3 Å². The van der Waals surface area contributed by atoms with E-state index in [9.17, 15) is 13.2 Å². The number of rotatable bonds is 6. The van der Waals surface area contributed by atoms with Crippen LogP contribution in [0.3, 0.4) is 0 Å². The van der Waals surface area contributed by atoms with E-state index >= 15 is 0 Å². The Morgan fingerprint density at radius 1 is 1.40 bits per heavy atom. The first-order valence-corrected chi connectivity index (χ1v) is 8.31. The number of hydrogen-bond donors (Lipinski definition) is 2. The van der Waals surface area contributed by atoms with Crippen LogP contribution in [0.5, 0.6) is 0 Å². The number of nitrogens with one attached hydrogen (secondary N) is 1. The first-order chi connectivity index (χ1) is 9.03. The van der Waals surface area contributed by atoms with E-state index in [-0.39, 0.29) is 17.9 Å². The molecule has 0 fully saturated rings. The molecule has 0 bridgehead atoms. The van der Waals surface area contributed by atoms with Gasteiger partial charge in [-0.15, -0.1) is 0 Å². The third kappa shape index (κ3) is 4.77. The fraction of sp³-hybridized carbons (Fsp3) is 0.462. The third-order valence-corrected chi connectivity index (χ3v) is 4.37. The number of carbonyl (C=O) groups excluding carboxylic acids is 1. The van der Waals surface area contributed by atoms with Crippen molar-refractivity contribution in [2.45, 2.75) is 37.2 Å². The Hall–Kier alpha value is -1.11. The van der Waals surface area contributed by atoms with Crippen LogP contribution in [0.2, 0.25) is 5.02 Å². The van der Waals surface area contributed by atoms with Crippen LogP contribution in [-0.4, -0.2) is 26.1 Å². The topological polar surface area (TPSA) is 89.3 Å². The van der Waals surface area contributed by atoms with Gasteiger partial charge in [0.25, 0.3) is 0 Å². The first kappa shape index (κ1) is 16.9. The number of benzene rings is 1. The highest BCUT2D eigenvalue weighted by atomic mass is 35.5. The maximum Gasteiger partial charge on any atom is 0.219 e. The van der Waals surface area contributed by atoms with Crippen LogP contribution >= 0.6 is 11.6 Å². The highest BCUT2D eigenvalue weighted by molar-refractivity contribution is 7.90. The fourth-order valence-corrected chi connectivity index (χ4v) is 3.14. The Bertz CT molecular complexity index is 612. The normalized spacial score (nSPS) is 12.4. The van der Waals surface area contributed by atoms with E-state index in [2.05, 4.69) is 5.32 Å². The maximum absolute atomic E-state index is 11.7. The number of primary amides is 1. The summed E-state index contributed by atoms with van der Waals surface area (Å²) < 4.78 is 23.5. The van der Waals surface area contributed by atoms with Crippen molar-refractivity contribution in [2.24, 2.45) is 5.73 Å². The molecule has 0 spiro atoms. The quantitative estimate of drug-likeness (QED) is 0.831. The largest absolute Gasteiger partial charge is 0.370 e. The Kier molecular flexibility index (Phi) is 5.18. The van der Waals surface area contributed by atoms with Crippen molar-refractivity contribution >= 4 is 27.3 Å². The van der Waals surface area contributed by atoms with Crippen molar-refractivity contribution < 1.29 is 13.2 Å². The lowest BCUT2D eigenvalue weighted by Gasteiger charge is -2.25. The van der Waals surface area contributed by atoms with E-state index in [1.165, 1.54) is 6.07 Å². The molecule has 0 aromatic heterocycles. The number of carbonyl (C=O) groups is 1. The third-order valence-electron chi connectivity index (χ3n) is 2.84. The minimum absolute atomic E-state index is 0.145. The van der Waals surface area contributed by atoms with Gasteiger partial charge in [-0.3, -0.25) is 4.79 Å². The predicted octanol–water partition coefficient (Wildman–Crippen LogP) is 1.49. The first-order valence-electron chi connectivity index (χ1n) is 6.04. The van der Waals surface area contributed by atoms with Gasteiger partial charge in [0.05, 0.1) is 4.90 Å². The summed E-state index contributed by atoms with van der Waals surface area (Å²) in [4.78, 5) is 11.2. The van der Waals surface area contributed by atoms with Gasteiger partial charge in [0.15, 0.2) is 9.84 Å². The Labute approximate surface area is 124 Å². The summed E-state index contributed by atoms with van der Waals surface area (Å²) in [6.45, 7) is 3.87. The monoisotopic (exact) mass is 318 g/mol. The summed E-state index contributed by atoms with van der Waals surface area (Å²) >= 11 is 6.07. The molecule has 7 heteroatoms. The molecule has 5 nitrogen and oxygen atoms in total. The molecule has 1 rings (SSSR count). The van der Waals surface area contributed by atoms with Gasteiger partial charge in [0.2, 0.25) is 5.91 Å². The second-order valence-corrected chi connectivity index (χ2v) is 7.76. The summed E-state index contributed by atoms with van der Waals surface area (Å²) in [5, 5.41) is 3.48. The van der Waals surface area contributed by atoms with E-state index in [0.29, 0.717) is 10.6 Å². The lowest BCUT2D eigenvalue weighted by atomic mass is 10.00. The molecule has 3 N–H and O–H groups in total. The van der Waals surface area contributed by atoms with Gasteiger partial charge in [-0.05, 0) is 26.0 Å². The lowest BCUT2D eigenvalue weighted by molar-refractivity contribution is -0.119. The zero-order valence-electron chi connectivity index (χ0n) is 11.7. The summed E-state index contributed by atoms with van der Waals surface area (Å²) in [5.74, 6) is -0.426. The van der Waals surface area contributed by atoms with Gasteiger partial charge in [0, 0.05) is 35.3 Å². The molecule has 0 aliphatic rings. The van der Waals surface area contributed by atoms with Crippen molar-refractivity contribution in [3.05, 3.63) is 28.8 Å². The number of halogens is 1. The molecule has 1 amide bonds. The van der Waals surface area contributed by atoms with Crippen LogP contribution in [0.15, 0.2) is 23.1 Å². The smallest absolute Gasteiger partial charge is 0.219 e. The van der Waals surface area contributed by atoms with Crippen molar-refractivity contribution in [1.82, 2.24) is 5.32 Å². The SMILES string of the molecule is CC(C)(CC(N)=O)NCc1c(Cl)cccc1S(C)(=O)=O. The molecule has 1 aromatic rings. The average Bonchev–Trinajstić information content (AvgIpc) is 2.24. The Morgan fingerprint density at radius 2 is 2.00 bits per heavy atom. The predicted molar refractivity (Wildman–Crippen MR) is 79.3 cm³/mol. The molecule has 112 valence electrons. The van der Waals surface area contributed by atoms with E-state index in [4.69, 9.17) is 17.3 Å². The minimum Gasteiger partial charge on any atom is -0.370 e. The van der Waals surface area contributed by atoms with Crippen LogP contribution in [0, 0.1) is 0 Å². The molecular formula is C13H19ClN2O3S. The highest BCUT2D eigenvalue weighted by Crippen LogP contribution is 2.24. The Balaban J connectivity index is 3.02. The van der Waals surface area contributed by atoms with Crippen LogP contribution in [0.4, 0.5) is 0 Å². The van der Waals surface area contributed by atoms with Crippen molar-refractivity contribution in [3.8, 4) is 0 Å². The standard InChI is InChI=1S/C13H19ClN2O3S/c1-13(2,7-12(15)17)16-8-9-10(14)5-4-6-11(9)20(3,18)19/h4-6,16H,7-8H2,1-3H3,(H2,15,17). The van der Waals surface area contributed by atoms with Crippen LogP contribution in [-0.2, 0) is 21.2 Å². The van der Waals surface area contributed by atoms with Gasteiger partial charge in [0.1, 0.15) is 0 Å². The molecule has 20 heavy (non-hydrogen) atoms. The molecular weight excluding hydrogens is 300 g/mol. The lowest BCUT2D eigenvalue weighted by Crippen LogP contribution is -2.42. The van der Waals surface area contributed by atoms with Crippen molar-refractivity contribution in [3.63, 3.8) is 0 Å². The number of sulfone groups is 1. The van der Waals surface area contributed by atoms with Crippen LogP contribution in [0.1, 0.15) is 25.8 Å². The molecule has 0 aliphatic carbocycles.